The number of methoxy groups -OCH3 is 1. The second-order valence-corrected chi connectivity index (χ2v) is 7.52. The Bertz CT molecular complexity index is 867. The Morgan fingerprint density at radius 2 is 1.68 bits per heavy atom. The fraction of sp³-hybridized carbons (Fsp3) is 0.318. The predicted molar refractivity (Wildman–Crippen MR) is 110 cm³/mol. The van der Waals surface area contributed by atoms with Crippen LogP contribution in [0.3, 0.4) is 0 Å². The Balaban J connectivity index is 2.13. The number of esters is 1. The van der Waals surface area contributed by atoms with E-state index in [9.17, 15) is 14.4 Å². The summed E-state index contributed by atoms with van der Waals surface area (Å²) in [6.07, 6.45) is 0. The largest absolute Gasteiger partial charge is 0.465 e. The lowest BCUT2D eigenvalue weighted by Gasteiger charge is -2.23. The molecule has 6 nitrogen and oxygen atoms in total. The summed E-state index contributed by atoms with van der Waals surface area (Å²) in [4.78, 5) is 37.6. The van der Waals surface area contributed by atoms with Crippen molar-refractivity contribution in [2.45, 2.75) is 33.1 Å². The molecule has 28 heavy (non-hydrogen) atoms. The molecule has 0 aliphatic rings. The van der Waals surface area contributed by atoms with E-state index in [1.807, 2.05) is 24.3 Å². The van der Waals surface area contributed by atoms with Gasteiger partial charge in [0.2, 0.25) is 11.8 Å². The van der Waals surface area contributed by atoms with Crippen molar-refractivity contribution in [3.63, 3.8) is 0 Å². The monoisotopic (exact) mass is 382 g/mol. The third-order valence-corrected chi connectivity index (χ3v) is 4.29. The first-order valence-electron chi connectivity index (χ1n) is 8.98. The topological polar surface area (TPSA) is 75.7 Å². The fourth-order valence-corrected chi connectivity index (χ4v) is 2.71. The normalized spacial score (nSPS) is 10.9. The fourth-order valence-electron chi connectivity index (χ4n) is 2.71. The van der Waals surface area contributed by atoms with Gasteiger partial charge in [-0.05, 0) is 41.3 Å². The van der Waals surface area contributed by atoms with E-state index in [0.717, 1.165) is 5.56 Å². The number of carbonyl (C=O) groups is 3. The third-order valence-electron chi connectivity index (χ3n) is 4.29. The Hall–Kier alpha value is -3.15. The summed E-state index contributed by atoms with van der Waals surface area (Å²) in [5, 5.41) is 2.71. The second-order valence-electron chi connectivity index (χ2n) is 7.52. The van der Waals surface area contributed by atoms with Crippen LogP contribution in [0.4, 0.5) is 11.4 Å². The molecule has 0 radical (unpaired) electrons. The number of nitrogens with one attached hydrogen (secondary N) is 1. The van der Waals surface area contributed by atoms with Gasteiger partial charge in [-0.25, -0.2) is 4.79 Å². The van der Waals surface area contributed by atoms with Crippen LogP contribution in [0.1, 0.15) is 43.6 Å². The molecular formula is C22H26N2O4. The summed E-state index contributed by atoms with van der Waals surface area (Å²) >= 11 is 0. The van der Waals surface area contributed by atoms with Crippen molar-refractivity contribution >= 4 is 29.2 Å². The number of carbonyl (C=O) groups excluding carboxylic acids is 3. The molecule has 0 aliphatic carbocycles. The summed E-state index contributed by atoms with van der Waals surface area (Å²) in [7, 11) is 1.29. The summed E-state index contributed by atoms with van der Waals surface area (Å²) < 4.78 is 4.68. The number of amides is 2. The number of anilines is 2. The van der Waals surface area contributed by atoms with Crippen molar-refractivity contribution < 1.29 is 19.1 Å². The molecule has 2 rings (SSSR count). The van der Waals surface area contributed by atoms with Crippen LogP contribution in [0.15, 0.2) is 48.5 Å². The lowest BCUT2D eigenvalue weighted by Crippen LogP contribution is -2.36. The molecule has 0 unspecified atom stereocenters. The van der Waals surface area contributed by atoms with Gasteiger partial charge in [0.25, 0.3) is 0 Å². The highest BCUT2D eigenvalue weighted by molar-refractivity contribution is 6.02. The molecule has 0 aromatic heterocycles. The van der Waals surface area contributed by atoms with Crippen molar-refractivity contribution in [1.29, 1.82) is 0 Å². The van der Waals surface area contributed by atoms with Crippen LogP contribution in [0.5, 0.6) is 0 Å². The van der Waals surface area contributed by atoms with Gasteiger partial charge in [-0.1, -0.05) is 39.0 Å². The molecule has 1 N–H and O–H groups in total. The van der Waals surface area contributed by atoms with Crippen LogP contribution < -0.4 is 10.2 Å². The number of hydrogen-bond donors (Lipinski definition) is 1. The molecule has 0 aliphatic heterocycles. The highest BCUT2D eigenvalue weighted by atomic mass is 16.5. The van der Waals surface area contributed by atoms with Crippen LogP contribution in [-0.4, -0.2) is 31.4 Å². The van der Waals surface area contributed by atoms with Gasteiger partial charge in [-0.3, -0.25) is 9.59 Å². The van der Waals surface area contributed by atoms with E-state index in [4.69, 9.17) is 0 Å². The molecule has 0 spiro atoms. The maximum atomic E-state index is 12.5. The third kappa shape index (κ3) is 5.42. The van der Waals surface area contributed by atoms with Gasteiger partial charge in [-0.15, -0.1) is 0 Å². The summed E-state index contributed by atoms with van der Waals surface area (Å²) in [6, 6.07) is 14.0. The Morgan fingerprint density at radius 3 is 2.21 bits per heavy atom. The second kappa shape index (κ2) is 8.69. The first kappa shape index (κ1) is 21.2. The van der Waals surface area contributed by atoms with Crippen molar-refractivity contribution in [2.75, 3.05) is 23.9 Å². The highest BCUT2D eigenvalue weighted by Crippen LogP contribution is 2.25. The van der Waals surface area contributed by atoms with Gasteiger partial charge in [0, 0.05) is 18.3 Å². The van der Waals surface area contributed by atoms with E-state index in [-0.39, 0.29) is 23.8 Å². The van der Waals surface area contributed by atoms with Gasteiger partial charge < -0.3 is 15.0 Å². The van der Waals surface area contributed by atoms with Crippen LogP contribution in [0.25, 0.3) is 0 Å². The van der Waals surface area contributed by atoms with Crippen molar-refractivity contribution in [2.24, 2.45) is 0 Å². The highest BCUT2D eigenvalue weighted by Gasteiger charge is 2.18. The quantitative estimate of drug-likeness (QED) is 0.799. The predicted octanol–water partition coefficient (Wildman–Crippen LogP) is 3.76. The minimum atomic E-state index is -0.486. The molecule has 0 saturated carbocycles. The molecule has 0 bridgehead atoms. The average molecular weight is 382 g/mol. The molecular weight excluding hydrogens is 356 g/mol. The summed E-state index contributed by atoms with van der Waals surface area (Å²) in [6.45, 7) is 7.62. The number of hydrogen-bond acceptors (Lipinski definition) is 4. The number of rotatable bonds is 5. The van der Waals surface area contributed by atoms with Gasteiger partial charge in [0.1, 0.15) is 6.54 Å². The number of nitrogens with zero attached hydrogens (tertiary/aromatic N) is 1. The van der Waals surface area contributed by atoms with Gasteiger partial charge in [0.05, 0.1) is 12.7 Å². The zero-order valence-electron chi connectivity index (χ0n) is 16.9. The van der Waals surface area contributed by atoms with E-state index in [1.165, 1.54) is 25.0 Å². The average Bonchev–Trinajstić information content (AvgIpc) is 2.65. The van der Waals surface area contributed by atoms with E-state index >= 15 is 0 Å². The molecule has 2 aromatic carbocycles. The number of ether oxygens (including phenoxy) is 1. The van der Waals surface area contributed by atoms with E-state index < -0.39 is 5.97 Å². The van der Waals surface area contributed by atoms with Crippen molar-refractivity contribution in [1.82, 2.24) is 0 Å². The molecule has 0 saturated heterocycles. The Morgan fingerprint density at radius 1 is 1.04 bits per heavy atom. The SMILES string of the molecule is COC(=O)c1cccc(NC(=O)CN(C(C)=O)c2ccc(C(C)(C)C)cc2)c1. The zero-order chi connectivity index (χ0) is 20.9. The van der Waals surface area contributed by atoms with E-state index in [1.54, 1.807) is 18.2 Å². The zero-order valence-corrected chi connectivity index (χ0v) is 16.9. The van der Waals surface area contributed by atoms with Crippen molar-refractivity contribution in [3.8, 4) is 0 Å². The Kier molecular flexibility index (Phi) is 6.57. The molecule has 6 heteroatoms. The molecule has 0 atom stereocenters. The first-order valence-corrected chi connectivity index (χ1v) is 8.98. The van der Waals surface area contributed by atoms with Crippen molar-refractivity contribution in [3.05, 3.63) is 59.7 Å². The molecule has 0 fully saturated rings. The molecule has 148 valence electrons. The molecule has 2 aromatic rings. The Labute approximate surface area is 165 Å². The summed E-state index contributed by atoms with van der Waals surface area (Å²) in [5.74, 6) is -1.08. The van der Waals surface area contributed by atoms with Gasteiger partial charge in [0.15, 0.2) is 0 Å². The summed E-state index contributed by atoms with van der Waals surface area (Å²) in [5.41, 5.74) is 2.59. The van der Waals surface area contributed by atoms with Crippen LogP contribution in [-0.2, 0) is 19.7 Å². The van der Waals surface area contributed by atoms with Crippen LogP contribution in [0.2, 0.25) is 0 Å². The van der Waals surface area contributed by atoms with E-state index in [0.29, 0.717) is 16.9 Å². The number of benzene rings is 2. The van der Waals surface area contributed by atoms with Gasteiger partial charge >= 0.3 is 5.97 Å². The molecule has 2 amide bonds. The van der Waals surface area contributed by atoms with Crippen LogP contribution in [0, 0.1) is 0 Å². The lowest BCUT2D eigenvalue weighted by molar-refractivity contribution is -0.120. The maximum Gasteiger partial charge on any atom is 0.337 e. The smallest absolute Gasteiger partial charge is 0.337 e. The lowest BCUT2D eigenvalue weighted by atomic mass is 9.87. The standard InChI is InChI=1S/C22H26N2O4/c1-15(25)24(19-11-9-17(10-12-19)22(2,3)4)14-20(26)23-18-8-6-7-16(13-18)21(27)28-5/h6-13H,14H2,1-5H3,(H,23,26). The molecule has 0 heterocycles. The van der Waals surface area contributed by atoms with E-state index in [2.05, 4.69) is 30.8 Å². The minimum absolute atomic E-state index is 0.00160. The van der Waals surface area contributed by atoms with Crippen LogP contribution >= 0.6 is 0 Å². The minimum Gasteiger partial charge on any atom is -0.465 e. The first-order chi connectivity index (χ1) is 13.1. The van der Waals surface area contributed by atoms with Gasteiger partial charge in [-0.2, -0.15) is 0 Å². The maximum absolute atomic E-state index is 12.5.